The van der Waals surface area contributed by atoms with E-state index in [4.69, 9.17) is 15.2 Å². The summed E-state index contributed by atoms with van der Waals surface area (Å²) in [5.74, 6) is 0.390. The zero-order valence-electron chi connectivity index (χ0n) is 13.7. The molecule has 0 unspecified atom stereocenters. The van der Waals surface area contributed by atoms with Crippen LogP contribution in [0.25, 0.3) is 0 Å². The van der Waals surface area contributed by atoms with Gasteiger partial charge in [0.1, 0.15) is 6.61 Å². The van der Waals surface area contributed by atoms with Crippen molar-refractivity contribution < 1.29 is 9.47 Å². The minimum Gasteiger partial charge on any atom is -0.487 e. The predicted octanol–water partition coefficient (Wildman–Crippen LogP) is 1.19. The zero-order valence-corrected chi connectivity index (χ0v) is 13.7. The van der Waals surface area contributed by atoms with Crippen molar-refractivity contribution in [3.63, 3.8) is 0 Å². The van der Waals surface area contributed by atoms with Crippen LogP contribution in [0.4, 0.5) is 5.69 Å². The molecule has 2 heterocycles. The van der Waals surface area contributed by atoms with Crippen LogP contribution in [0.2, 0.25) is 0 Å². The molecule has 0 saturated carbocycles. The topological polar surface area (TPSA) is 69.7 Å². The van der Waals surface area contributed by atoms with Crippen LogP contribution in [0, 0.1) is 0 Å². The molecule has 0 aliphatic carbocycles. The van der Waals surface area contributed by atoms with Gasteiger partial charge in [-0.2, -0.15) is 0 Å². The van der Waals surface area contributed by atoms with Crippen LogP contribution in [0.15, 0.2) is 47.4 Å². The normalized spacial score (nSPS) is 15.3. The lowest BCUT2D eigenvalue weighted by atomic mass is 10.2. The summed E-state index contributed by atoms with van der Waals surface area (Å²) >= 11 is 0. The van der Waals surface area contributed by atoms with Crippen molar-refractivity contribution in [3.8, 4) is 5.75 Å². The highest BCUT2D eigenvalue weighted by molar-refractivity contribution is 5.39. The second-order valence-corrected chi connectivity index (χ2v) is 5.85. The number of nitrogens with two attached hydrogens (primary N) is 1. The molecule has 1 aromatic carbocycles. The van der Waals surface area contributed by atoms with Crippen molar-refractivity contribution in [3.05, 3.63) is 58.5 Å². The number of rotatable bonds is 6. The first kappa shape index (κ1) is 16.5. The van der Waals surface area contributed by atoms with Gasteiger partial charge in [-0.3, -0.25) is 9.69 Å². The molecule has 1 aliphatic heterocycles. The van der Waals surface area contributed by atoms with Crippen molar-refractivity contribution >= 4 is 5.69 Å². The number of anilines is 1. The van der Waals surface area contributed by atoms with Gasteiger partial charge in [-0.05, 0) is 29.8 Å². The molecule has 6 nitrogen and oxygen atoms in total. The van der Waals surface area contributed by atoms with Crippen LogP contribution >= 0.6 is 0 Å². The minimum atomic E-state index is -0.115. The van der Waals surface area contributed by atoms with E-state index >= 15 is 0 Å². The Morgan fingerprint density at radius 1 is 1.12 bits per heavy atom. The number of hydrogen-bond donors (Lipinski definition) is 1. The van der Waals surface area contributed by atoms with E-state index in [0.717, 1.165) is 38.4 Å². The van der Waals surface area contributed by atoms with Gasteiger partial charge in [0.25, 0.3) is 5.56 Å². The average Bonchev–Trinajstić information content (AvgIpc) is 2.61. The van der Waals surface area contributed by atoms with Gasteiger partial charge in [0.2, 0.25) is 0 Å². The third-order valence-electron chi connectivity index (χ3n) is 4.09. The smallest absolute Gasteiger partial charge is 0.293 e. The van der Waals surface area contributed by atoms with Gasteiger partial charge in [-0.15, -0.1) is 0 Å². The highest BCUT2D eigenvalue weighted by Crippen LogP contribution is 2.08. The lowest BCUT2D eigenvalue weighted by Crippen LogP contribution is -2.39. The molecule has 3 rings (SSSR count). The number of hydrogen-bond acceptors (Lipinski definition) is 5. The zero-order chi connectivity index (χ0) is 16.8. The Hall–Kier alpha value is -2.31. The summed E-state index contributed by atoms with van der Waals surface area (Å²) in [5, 5.41) is 0. The molecular formula is C18H23N3O3. The van der Waals surface area contributed by atoms with Crippen LogP contribution < -0.4 is 16.0 Å². The van der Waals surface area contributed by atoms with Crippen LogP contribution in [0.1, 0.15) is 5.56 Å². The Labute approximate surface area is 141 Å². The van der Waals surface area contributed by atoms with E-state index in [1.54, 1.807) is 16.8 Å². The monoisotopic (exact) mass is 329 g/mol. The second kappa shape index (κ2) is 7.99. The maximum atomic E-state index is 12.5. The summed E-state index contributed by atoms with van der Waals surface area (Å²) in [7, 11) is 0. The van der Waals surface area contributed by atoms with Crippen LogP contribution in [0.3, 0.4) is 0 Å². The van der Waals surface area contributed by atoms with E-state index < -0.39 is 0 Å². The summed E-state index contributed by atoms with van der Waals surface area (Å²) < 4.78 is 12.7. The van der Waals surface area contributed by atoms with Gasteiger partial charge < -0.3 is 19.8 Å². The first-order valence-electron chi connectivity index (χ1n) is 8.19. The second-order valence-electron chi connectivity index (χ2n) is 5.85. The lowest BCUT2D eigenvalue weighted by Gasteiger charge is -2.26. The standard InChI is InChI=1S/C18H23N3O3/c19-16-5-3-15(4-6-16)14-21-7-1-2-17(18(21)22)24-13-10-20-8-11-23-12-9-20/h1-7H,8-14,19H2. The Morgan fingerprint density at radius 2 is 1.88 bits per heavy atom. The third kappa shape index (κ3) is 4.37. The Morgan fingerprint density at radius 3 is 2.62 bits per heavy atom. The van der Waals surface area contributed by atoms with Crippen molar-refractivity contribution in [1.82, 2.24) is 9.47 Å². The van der Waals surface area contributed by atoms with Gasteiger partial charge in [-0.25, -0.2) is 0 Å². The number of nitrogen functional groups attached to an aromatic ring is 1. The van der Waals surface area contributed by atoms with Crippen LogP contribution in [0.5, 0.6) is 5.75 Å². The van der Waals surface area contributed by atoms with Crippen molar-refractivity contribution in [2.75, 3.05) is 45.2 Å². The summed E-state index contributed by atoms with van der Waals surface area (Å²) in [6.07, 6.45) is 1.77. The number of nitrogens with zero attached hydrogens (tertiary/aromatic N) is 2. The molecule has 0 amide bonds. The van der Waals surface area contributed by atoms with Crippen molar-refractivity contribution in [2.45, 2.75) is 6.54 Å². The molecular weight excluding hydrogens is 306 g/mol. The number of morpholine rings is 1. The SMILES string of the molecule is Nc1ccc(Cn2cccc(OCCN3CCOCC3)c2=O)cc1. The number of ether oxygens (including phenoxy) is 2. The van der Waals surface area contributed by atoms with Gasteiger partial charge >= 0.3 is 0 Å². The van der Waals surface area contributed by atoms with E-state index in [2.05, 4.69) is 4.90 Å². The average molecular weight is 329 g/mol. The van der Waals surface area contributed by atoms with E-state index in [-0.39, 0.29) is 5.56 Å². The lowest BCUT2D eigenvalue weighted by molar-refractivity contribution is 0.0321. The molecule has 0 spiro atoms. The summed E-state index contributed by atoms with van der Waals surface area (Å²) in [4.78, 5) is 14.8. The molecule has 24 heavy (non-hydrogen) atoms. The van der Waals surface area contributed by atoms with Crippen LogP contribution in [-0.2, 0) is 11.3 Å². The Balaban J connectivity index is 1.60. The fourth-order valence-electron chi connectivity index (χ4n) is 2.68. The molecule has 1 aliphatic rings. The molecule has 1 saturated heterocycles. The van der Waals surface area contributed by atoms with Gasteiger partial charge in [0.15, 0.2) is 5.75 Å². The molecule has 0 bridgehead atoms. The molecule has 1 fully saturated rings. The predicted molar refractivity (Wildman–Crippen MR) is 93.4 cm³/mol. The summed E-state index contributed by atoms with van der Waals surface area (Å²) in [6, 6.07) is 11.1. The highest BCUT2D eigenvalue weighted by Gasteiger charge is 2.11. The largest absolute Gasteiger partial charge is 0.487 e. The quantitative estimate of drug-likeness (QED) is 0.806. The van der Waals surface area contributed by atoms with E-state index in [0.29, 0.717) is 24.6 Å². The number of pyridine rings is 1. The highest BCUT2D eigenvalue weighted by atomic mass is 16.5. The van der Waals surface area contributed by atoms with Gasteiger partial charge in [-0.1, -0.05) is 12.1 Å². The first-order chi connectivity index (χ1) is 11.7. The van der Waals surface area contributed by atoms with E-state index in [1.165, 1.54) is 0 Å². The van der Waals surface area contributed by atoms with Gasteiger partial charge in [0, 0.05) is 31.5 Å². The van der Waals surface area contributed by atoms with E-state index in [1.807, 2.05) is 30.3 Å². The molecule has 6 heteroatoms. The summed E-state index contributed by atoms with van der Waals surface area (Å²) in [5.41, 5.74) is 7.31. The van der Waals surface area contributed by atoms with Gasteiger partial charge in [0.05, 0.1) is 19.8 Å². The third-order valence-corrected chi connectivity index (χ3v) is 4.09. The van der Waals surface area contributed by atoms with Crippen LogP contribution in [-0.4, -0.2) is 48.9 Å². The Bertz CT molecular complexity index is 706. The molecule has 2 N–H and O–H groups in total. The number of aromatic nitrogens is 1. The van der Waals surface area contributed by atoms with Crippen molar-refractivity contribution in [2.24, 2.45) is 0 Å². The van der Waals surface area contributed by atoms with Crippen molar-refractivity contribution in [1.29, 1.82) is 0 Å². The fourth-order valence-corrected chi connectivity index (χ4v) is 2.68. The Kier molecular flexibility index (Phi) is 5.51. The molecule has 2 aromatic rings. The maximum Gasteiger partial charge on any atom is 0.293 e. The van der Waals surface area contributed by atoms with E-state index in [9.17, 15) is 4.79 Å². The molecule has 128 valence electrons. The minimum absolute atomic E-state index is 0.115. The fraction of sp³-hybridized carbons (Fsp3) is 0.389. The number of benzene rings is 1. The molecule has 0 atom stereocenters. The molecule has 0 radical (unpaired) electrons. The molecule has 1 aromatic heterocycles. The first-order valence-corrected chi connectivity index (χ1v) is 8.19. The summed E-state index contributed by atoms with van der Waals surface area (Å²) in [6.45, 7) is 5.16. The maximum absolute atomic E-state index is 12.5.